The van der Waals surface area contributed by atoms with Crippen molar-refractivity contribution in [3.8, 4) is 0 Å². The van der Waals surface area contributed by atoms with E-state index in [1.165, 1.54) is 11.3 Å². The highest BCUT2D eigenvalue weighted by molar-refractivity contribution is 7.91. The maximum Gasteiger partial charge on any atom is 0.252 e. The van der Waals surface area contributed by atoms with Crippen molar-refractivity contribution in [2.24, 2.45) is 0 Å². The minimum Gasteiger partial charge on any atom is -0.315 e. The van der Waals surface area contributed by atoms with Gasteiger partial charge in [0.2, 0.25) is 0 Å². The third-order valence-corrected chi connectivity index (χ3v) is 7.29. The Bertz CT molecular complexity index is 534. The lowest BCUT2D eigenvalue weighted by atomic mass is 10.1. The number of sulfonamides is 1. The largest absolute Gasteiger partial charge is 0.315 e. The van der Waals surface area contributed by atoms with E-state index >= 15 is 0 Å². The van der Waals surface area contributed by atoms with Crippen LogP contribution in [0, 0.1) is 0 Å². The highest BCUT2D eigenvalue weighted by Crippen LogP contribution is 2.27. The lowest BCUT2D eigenvalue weighted by Gasteiger charge is -2.34. The first-order valence-corrected chi connectivity index (χ1v) is 9.10. The van der Waals surface area contributed by atoms with E-state index in [-0.39, 0.29) is 6.04 Å². The first-order chi connectivity index (χ1) is 9.45. The van der Waals surface area contributed by atoms with Crippen LogP contribution in [-0.2, 0) is 16.6 Å². The molecule has 0 aliphatic carbocycles. The van der Waals surface area contributed by atoms with Crippen molar-refractivity contribution < 1.29 is 8.42 Å². The average molecular weight is 317 g/mol. The minimum atomic E-state index is -3.35. The molecule has 114 valence electrons. The molecule has 5 nitrogen and oxygen atoms in total. The van der Waals surface area contributed by atoms with Gasteiger partial charge in [-0.15, -0.1) is 11.3 Å². The summed E-state index contributed by atoms with van der Waals surface area (Å²) >= 11 is 1.35. The Labute approximate surface area is 125 Å². The molecule has 0 spiro atoms. The molecule has 1 N–H and O–H groups in total. The van der Waals surface area contributed by atoms with E-state index in [1.807, 2.05) is 13.1 Å². The Kier molecular flexibility index (Phi) is 5.19. The molecule has 1 saturated heterocycles. The summed E-state index contributed by atoms with van der Waals surface area (Å²) in [7, 11) is 2.30. The van der Waals surface area contributed by atoms with E-state index < -0.39 is 10.0 Å². The van der Waals surface area contributed by atoms with Gasteiger partial charge in [0.1, 0.15) is 4.21 Å². The van der Waals surface area contributed by atoms with Crippen molar-refractivity contribution in [1.29, 1.82) is 0 Å². The first kappa shape index (κ1) is 15.9. The number of hydrogen-bond acceptors (Lipinski definition) is 5. The summed E-state index contributed by atoms with van der Waals surface area (Å²) in [5, 5.41) is 3.04. The Morgan fingerprint density at radius 3 is 2.65 bits per heavy atom. The zero-order valence-corrected chi connectivity index (χ0v) is 13.9. The average Bonchev–Trinajstić information content (AvgIpc) is 2.88. The second kappa shape index (κ2) is 6.53. The van der Waals surface area contributed by atoms with Crippen molar-refractivity contribution in [2.75, 3.05) is 34.2 Å². The summed E-state index contributed by atoms with van der Waals surface area (Å²) < 4.78 is 27.3. The number of rotatable bonds is 5. The Morgan fingerprint density at radius 1 is 1.40 bits per heavy atom. The first-order valence-electron chi connectivity index (χ1n) is 6.85. The fourth-order valence-electron chi connectivity index (χ4n) is 2.46. The molecule has 1 aromatic rings. The van der Waals surface area contributed by atoms with Crippen LogP contribution < -0.4 is 5.32 Å². The number of nitrogens with zero attached hydrogens (tertiary/aromatic N) is 2. The SMILES string of the molecule is CNCc1ccc(S(=O)(=O)N(C)C2CCN(C)CC2)s1. The Balaban J connectivity index is 2.12. The van der Waals surface area contributed by atoms with E-state index in [0.717, 1.165) is 30.8 Å². The van der Waals surface area contributed by atoms with E-state index in [1.54, 1.807) is 17.4 Å². The second-order valence-electron chi connectivity index (χ2n) is 5.31. The van der Waals surface area contributed by atoms with Gasteiger partial charge in [0.25, 0.3) is 10.0 Å². The molecule has 1 aliphatic rings. The molecule has 1 fully saturated rings. The van der Waals surface area contributed by atoms with E-state index in [0.29, 0.717) is 10.8 Å². The lowest BCUT2D eigenvalue weighted by molar-refractivity contribution is 0.198. The van der Waals surface area contributed by atoms with Crippen LogP contribution in [-0.4, -0.2) is 57.9 Å². The quantitative estimate of drug-likeness (QED) is 0.886. The van der Waals surface area contributed by atoms with Crippen LogP contribution in [0.15, 0.2) is 16.3 Å². The van der Waals surface area contributed by atoms with Gasteiger partial charge in [-0.25, -0.2) is 8.42 Å². The van der Waals surface area contributed by atoms with Crippen LogP contribution in [0.25, 0.3) is 0 Å². The molecular formula is C13H23N3O2S2. The van der Waals surface area contributed by atoms with Gasteiger partial charge in [-0.2, -0.15) is 4.31 Å². The zero-order valence-electron chi connectivity index (χ0n) is 12.3. The Morgan fingerprint density at radius 2 is 2.05 bits per heavy atom. The van der Waals surface area contributed by atoms with Crippen molar-refractivity contribution in [3.63, 3.8) is 0 Å². The summed E-state index contributed by atoms with van der Waals surface area (Å²) in [5.74, 6) is 0. The van der Waals surface area contributed by atoms with Gasteiger partial charge < -0.3 is 10.2 Å². The van der Waals surface area contributed by atoms with Crippen molar-refractivity contribution in [2.45, 2.75) is 29.6 Å². The molecule has 0 atom stereocenters. The minimum absolute atomic E-state index is 0.117. The normalized spacial score (nSPS) is 18.8. The summed E-state index contributed by atoms with van der Waals surface area (Å²) in [6.45, 7) is 2.62. The predicted octanol–water partition coefficient (Wildman–Crippen LogP) is 1.18. The van der Waals surface area contributed by atoms with Crippen molar-refractivity contribution >= 4 is 21.4 Å². The highest BCUT2D eigenvalue weighted by atomic mass is 32.2. The third kappa shape index (κ3) is 3.40. The van der Waals surface area contributed by atoms with Crippen LogP contribution in [0.4, 0.5) is 0 Å². The molecule has 2 rings (SSSR count). The second-order valence-corrected chi connectivity index (χ2v) is 8.70. The maximum absolute atomic E-state index is 12.6. The van der Waals surface area contributed by atoms with Gasteiger partial charge in [0.15, 0.2) is 0 Å². The number of likely N-dealkylation sites (tertiary alicyclic amines) is 1. The van der Waals surface area contributed by atoms with Gasteiger partial charge in [-0.3, -0.25) is 0 Å². The third-order valence-electron chi connectivity index (χ3n) is 3.82. The molecule has 0 amide bonds. The number of piperidine rings is 1. The molecule has 0 aromatic carbocycles. The van der Waals surface area contributed by atoms with E-state index in [2.05, 4.69) is 17.3 Å². The predicted molar refractivity (Wildman–Crippen MR) is 82.6 cm³/mol. The molecule has 20 heavy (non-hydrogen) atoms. The molecule has 0 saturated carbocycles. The van der Waals surface area contributed by atoms with Crippen molar-refractivity contribution in [3.05, 3.63) is 17.0 Å². The summed E-state index contributed by atoms with van der Waals surface area (Å²) in [5.41, 5.74) is 0. The molecule has 0 bridgehead atoms. The summed E-state index contributed by atoms with van der Waals surface area (Å²) in [4.78, 5) is 3.29. The van der Waals surface area contributed by atoms with Crippen LogP contribution in [0.1, 0.15) is 17.7 Å². The number of nitrogens with one attached hydrogen (secondary N) is 1. The molecule has 0 unspecified atom stereocenters. The summed E-state index contributed by atoms with van der Waals surface area (Å²) in [6, 6.07) is 3.72. The van der Waals surface area contributed by atoms with Crippen LogP contribution in [0.3, 0.4) is 0 Å². The van der Waals surface area contributed by atoms with E-state index in [4.69, 9.17) is 0 Å². The lowest BCUT2D eigenvalue weighted by Crippen LogP contribution is -2.44. The van der Waals surface area contributed by atoms with E-state index in [9.17, 15) is 8.42 Å². The Hall–Kier alpha value is -0.470. The van der Waals surface area contributed by atoms with Gasteiger partial charge in [0, 0.05) is 24.5 Å². The topological polar surface area (TPSA) is 52.7 Å². The number of hydrogen-bond donors (Lipinski definition) is 1. The molecule has 2 heterocycles. The fourth-order valence-corrected chi connectivity index (χ4v) is 5.43. The van der Waals surface area contributed by atoms with Gasteiger partial charge in [-0.1, -0.05) is 0 Å². The zero-order chi connectivity index (χ0) is 14.8. The highest BCUT2D eigenvalue weighted by Gasteiger charge is 2.31. The van der Waals surface area contributed by atoms with Gasteiger partial charge >= 0.3 is 0 Å². The fraction of sp³-hybridized carbons (Fsp3) is 0.692. The number of thiophene rings is 1. The molecule has 7 heteroatoms. The van der Waals surface area contributed by atoms with Crippen molar-refractivity contribution in [1.82, 2.24) is 14.5 Å². The van der Waals surface area contributed by atoms with Gasteiger partial charge in [0.05, 0.1) is 0 Å². The molecular weight excluding hydrogens is 294 g/mol. The van der Waals surface area contributed by atoms with Crippen LogP contribution >= 0.6 is 11.3 Å². The molecule has 1 aliphatic heterocycles. The van der Waals surface area contributed by atoms with Gasteiger partial charge in [-0.05, 0) is 52.2 Å². The summed E-state index contributed by atoms with van der Waals surface area (Å²) in [6.07, 6.45) is 1.81. The molecule has 1 aromatic heterocycles. The standard InChI is InChI=1S/C13H23N3O2S2/c1-14-10-12-4-5-13(19-12)20(17,18)16(3)11-6-8-15(2)9-7-11/h4-5,11,14H,6-10H2,1-3H3. The monoisotopic (exact) mass is 317 g/mol. The smallest absolute Gasteiger partial charge is 0.252 e. The maximum atomic E-state index is 12.6. The van der Waals surface area contributed by atoms with Crippen LogP contribution in [0.2, 0.25) is 0 Å². The van der Waals surface area contributed by atoms with Crippen LogP contribution in [0.5, 0.6) is 0 Å². The molecule has 0 radical (unpaired) electrons.